The van der Waals surface area contributed by atoms with Crippen molar-refractivity contribution in [2.24, 2.45) is 0 Å². The molecule has 1 heterocycles. The zero-order chi connectivity index (χ0) is 8.97. The lowest BCUT2D eigenvalue weighted by Crippen LogP contribution is -2.32. The van der Waals surface area contributed by atoms with Crippen LogP contribution in [0.3, 0.4) is 0 Å². The van der Waals surface area contributed by atoms with Gasteiger partial charge in [0.2, 0.25) is 0 Å². The Morgan fingerprint density at radius 2 is 2.50 bits per heavy atom. The Morgan fingerprint density at radius 3 is 3.08 bits per heavy atom. The first-order chi connectivity index (χ1) is 5.72. The van der Waals surface area contributed by atoms with E-state index in [1.807, 2.05) is 0 Å². The molecule has 1 aliphatic rings. The number of ether oxygens (including phenoxy) is 1. The average molecular weight is 170 g/mol. The van der Waals surface area contributed by atoms with Crippen LogP contribution in [-0.4, -0.2) is 23.3 Å². The first-order valence-electron chi connectivity index (χ1n) is 4.21. The quantitative estimate of drug-likeness (QED) is 0.508. The largest absolute Gasteiger partial charge is 0.462 e. The van der Waals surface area contributed by atoms with Gasteiger partial charge in [-0.2, -0.15) is 0 Å². The molecule has 0 aromatic rings. The number of hydrogen-bond donors (Lipinski definition) is 1. The monoisotopic (exact) mass is 170 g/mol. The van der Waals surface area contributed by atoms with Crippen LogP contribution in [0.25, 0.3) is 0 Å². The van der Waals surface area contributed by atoms with Gasteiger partial charge in [-0.3, -0.25) is 4.79 Å². The molecule has 0 aliphatic carbocycles. The van der Waals surface area contributed by atoms with Crippen LogP contribution in [0, 0.1) is 0 Å². The third-order valence-corrected chi connectivity index (χ3v) is 1.93. The summed E-state index contributed by atoms with van der Waals surface area (Å²) in [7, 11) is 0. The fourth-order valence-corrected chi connectivity index (χ4v) is 1.34. The molecule has 0 aromatic carbocycles. The van der Waals surface area contributed by atoms with Crippen molar-refractivity contribution in [3.63, 3.8) is 0 Å². The summed E-state index contributed by atoms with van der Waals surface area (Å²) in [6.45, 7) is 3.58. The lowest BCUT2D eigenvalue weighted by molar-refractivity contribution is -0.160. The lowest BCUT2D eigenvalue weighted by Gasteiger charge is -2.25. The Hall–Kier alpha value is -0.830. The van der Waals surface area contributed by atoms with E-state index >= 15 is 0 Å². The first-order valence-corrected chi connectivity index (χ1v) is 4.21. The van der Waals surface area contributed by atoms with Crippen molar-refractivity contribution in [3.05, 3.63) is 12.7 Å². The molecule has 1 aliphatic heterocycles. The summed E-state index contributed by atoms with van der Waals surface area (Å²) in [5, 5.41) is 9.22. The Labute approximate surface area is 72.0 Å². The van der Waals surface area contributed by atoms with Crippen molar-refractivity contribution in [3.8, 4) is 0 Å². The van der Waals surface area contributed by atoms with Crippen molar-refractivity contribution in [1.82, 2.24) is 0 Å². The molecule has 0 aromatic heterocycles. The fraction of sp³-hybridized carbons (Fsp3) is 0.667. The van der Waals surface area contributed by atoms with Crippen LogP contribution in [0.1, 0.15) is 25.7 Å². The zero-order valence-electron chi connectivity index (χ0n) is 7.03. The van der Waals surface area contributed by atoms with Crippen molar-refractivity contribution < 1.29 is 14.6 Å². The topological polar surface area (TPSA) is 46.5 Å². The van der Waals surface area contributed by atoms with Crippen molar-refractivity contribution in [1.29, 1.82) is 0 Å². The molecule has 1 N–H and O–H groups in total. The molecular formula is C9H14O3. The number of hydrogen-bond acceptors (Lipinski definition) is 3. The predicted octanol–water partition coefficient (Wildman–Crippen LogP) is 1.02. The third kappa shape index (κ3) is 2.66. The van der Waals surface area contributed by atoms with Crippen LogP contribution in [0.2, 0.25) is 0 Å². The SMILES string of the molecule is C=CCC[C@@H]1C[C@@H](O)CC(=O)O1. The van der Waals surface area contributed by atoms with E-state index in [4.69, 9.17) is 4.74 Å². The Morgan fingerprint density at radius 1 is 1.75 bits per heavy atom. The van der Waals surface area contributed by atoms with E-state index in [0.29, 0.717) is 6.42 Å². The van der Waals surface area contributed by atoms with Crippen molar-refractivity contribution in [2.75, 3.05) is 0 Å². The van der Waals surface area contributed by atoms with Gasteiger partial charge in [0.15, 0.2) is 0 Å². The molecule has 3 heteroatoms. The highest BCUT2D eigenvalue weighted by molar-refractivity contribution is 5.70. The van der Waals surface area contributed by atoms with E-state index < -0.39 is 6.10 Å². The zero-order valence-corrected chi connectivity index (χ0v) is 7.03. The van der Waals surface area contributed by atoms with Gasteiger partial charge in [-0.1, -0.05) is 6.08 Å². The molecule has 12 heavy (non-hydrogen) atoms. The number of aliphatic hydroxyl groups is 1. The van der Waals surface area contributed by atoms with Gasteiger partial charge in [-0.05, 0) is 12.8 Å². The van der Waals surface area contributed by atoms with Gasteiger partial charge in [0.05, 0.1) is 12.5 Å². The molecule has 0 unspecified atom stereocenters. The highest BCUT2D eigenvalue weighted by atomic mass is 16.5. The van der Waals surface area contributed by atoms with Gasteiger partial charge in [0.25, 0.3) is 0 Å². The number of carbonyl (C=O) groups is 1. The number of carbonyl (C=O) groups excluding carboxylic acids is 1. The van der Waals surface area contributed by atoms with Crippen molar-refractivity contribution >= 4 is 5.97 Å². The lowest BCUT2D eigenvalue weighted by atomic mass is 10.0. The summed E-state index contributed by atoms with van der Waals surface area (Å²) in [6.07, 6.45) is 3.47. The maximum Gasteiger partial charge on any atom is 0.308 e. The third-order valence-electron chi connectivity index (χ3n) is 1.93. The predicted molar refractivity (Wildman–Crippen MR) is 44.6 cm³/mol. The van der Waals surface area contributed by atoms with E-state index in [1.165, 1.54) is 0 Å². The molecule has 0 spiro atoms. The van der Waals surface area contributed by atoms with E-state index in [9.17, 15) is 9.90 Å². The maximum atomic E-state index is 10.8. The molecule has 68 valence electrons. The van der Waals surface area contributed by atoms with Gasteiger partial charge in [0, 0.05) is 6.42 Å². The van der Waals surface area contributed by atoms with Gasteiger partial charge in [-0.15, -0.1) is 6.58 Å². The summed E-state index contributed by atoms with van der Waals surface area (Å²) >= 11 is 0. The summed E-state index contributed by atoms with van der Waals surface area (Å²) in [4.78, 5) is 10.8. The number of rotatable bonds is 3. The minimum absolute atomic E-state index is 0.112. The smallest absolute Gasteiger partial charge is 0.308 e. The normalized spacial score (nSPS) is 29.6. The molecule has 0 bridgehead atoms. The van der Waals surface area contributed by atoms with Crippen LogP contribution in [-0.2, 0) is 9.53 Å². The molecule has 1 saturated heterocycles. The van der Waals surface area contributed by atoms with E-state index in [0.717, 1.165) is 12.8 Å². The van der Waals surface area contributed by atoms with E-state index in [-0.39, 0.29) is 18.5 Å². The second-order valence-electron chi connectivity index (χ2n) is 3.07. The average Bonchev–Trinajstić information content (AvgIpc) is 1.99. The van der Waals surface area contributed by atoms with Gasteiger partial charge in [-0.25, -0.2) is 0 Å². The standard InChI is InChI=1S/C9H14O3/c1-2-3-4-8-5-7(10)6-9(11)12-8/h2,7-8,10H,1,3-6H2/t7-,8-/m1/s1. The van der Waals surface area contributed by atoms with Crippen LogP contribution in [0.5, 0.6) is 0 Å². The molecular weight excluding hydrogens is 156 g/mol. The molecule has 2 atom stereocenters. The van der Waals surface area contributed by atoms with Gasteiger partial charge in [0.1, 0.15) is 6.10 Å². The molecule has 1 rings (SSSR count). The second-order valence-corrected chi connectivity index (χ2v) is 3.07. The summed E-state index contributed by atoms with van der Waals surface area (Å²) in [6, 6.07) is 0. The number of aliphatic hydroxyl groups excluding tert-OH is 1. The molecule has 0 amide bonds. The van der Waals surface area contributed by atoms with Crippen LogP contribution < -0.4 is 0 Å². The van der Waals surface area contributed by atoms with Crippen LogP contribution in [0.4, 0.5) is 0 Å². The summed E-state index contributed by atoms with van der Waals surface area (Å²) in [5.41, 5.74) is 0. The fourth-order valence-electron chi connectivity index (χ4n) is 1.34. The molecule has 3 nitrogen and oxygen atoms in total. The number of cyclic esters (lactones) is 1. The first kappa shape index (κ1) is 9.26. The highest BCUT2D eigenvalue weighted by Crippen LogP contribution is 2.18. The van der Waals surface area contributed by atoms with Crippen LogP contribution >= 0.6 is 0 Å². The maximum absolute atomic E-state index is 10.8. The summed E-state index contributed by atoms with van der Waals surface area (Å²) in [5.74, 6) is -0.289. The van der Waals surface area contributed by atoms with Gasteiger partial charge < -0.3 is 9.84 Å². The van der Waals surface area contributed by atoms with Crippen LogP contribution in [0.15, 0.2) is 12.7 Å². The highest BCUT2D eigenvalue weighted by Gasteiger charge is 2.26. The van der Waals surface area contributed by atoms with E-state index in [1.54, 1.807) is 6.08 Å². The minimum Gasteiger partial charge on any atom is -0.462 e. The molecule has 0 radical (unpaired) electrons. The Bertz CT molecular complexity index is 177. The Balaban J connectivity index is 2.33. The van der Waals surface area contributed by atoms with Crippen molar-refractivity contribution in [2.45, 2.75) is 37.9 Å². The molecule has 1 fully saturated rings. The summed E-state index contributed by atoms with van der Waals surface area (Å²) < 4.78 is 5.01. The molecule has 0 saturated carbocycles. The Kier molecular flexibility index (Phi) is 3.29. The number of esters is 1. The van der Waals surface area contributed by atoms with E-state index in [2.05, 4.69) is 6.58 Å². The second kappa shape index (κ2) is 4.26. The minimum atomic E-state index is -0.513. The van der Waals surface area contributed by atoms with Gasteiger partial charge >= 0.3 is 5.97 Å². The number of allylic oxidation sites excluding steroid dienone is 1.